The molecule has 4 heteroatoms. The van der Waals surface area contributed by atoms with Crippen LogP contribution in [0.25, 0.3) is 17.0 Å². The summed E-state index contributed by atoms with van der Waals surface area (Å²) in [5.74, 6) is 1.53. The summed E-state index contributed by atoms with van der Waals surface area (Å²) in [5.41, 5.74) is 1.22. The fraction of sp³-hybridized carbons (Fsp3) is 0.300. The monoisotopic (exact) mass is 326 g/mol. The van der Waals surface area contributed by atoms with Gasteiger partial charge in [0.25, 0.3) is 0 Å². The molecule has 1 aliphatic rings. The minimum Gasteiger partial charge on any atom is -0.498 e. The number of allylic oxidation sites excluding steroid dienone is 3. The molecular formula is C20H22O4. The van der Waals surface area contributed by atoms with Crippen molar-refractivity contribution in [2.24, 2.45) is 0 Å². The Morgan fingerprint density at radius 3 is 2.58 bits per heavy atom. The smallest absolute Gasteiger partial charge is 0.151 e. The van der Waals surface area contributed by atoms with Gasteiger partial charge < -0.3 is 18.6 Å². The topological polar surface area (TPSA) is 40.8 Å². The third-order valence-electron chi connectivity index (χ3n) is 4.46. The van der Waals surface area contributed by atoms with Crippen molar-refractivity contribution in [1.29, 1.82) is 0 Å². The Morgan fingerprint density at radius 1 is 1.12 bits per heavy atom. The summed E-state index contributed by atoms with van der Waals surface area (Å²) < 4.78 is 22.5. The lowest BCUT2D eigenvalue weighted by Gasteiger charge is -2.37. The number of benzene rings is 1. The maximum atomic E-state index is 5.81. The zero-order valence-electron chi connectivity index (χ0n) is 14.4. The van der Waals surface area contributed by atoms with Crippen molar-refractivity contribution in [3.05, 3.63) is 65.7 Å². The molecule has 0 spiro atoms. The second-order valence-corrected chi connectivity index (χ2v) is 5.87. The highest BCUT2D eigenvalue weighted by Gasteiger charge is 2.41. The van der Waals surface area contributed by atoms with Gasteiger partial charge in [-0.25, -0.2) is 0 Å². The first-order chi connectivity index (χ1) is 11.6. The number of ether oxygens (including phenoxy) is 3. The summed E-state index contributed by atoms with van der Waals surface area (Å²) in [5, 5.41) is 1.09. The van der Waals surface area contributed by atoms with Crippen LogP contribution in [-0.2, 0) is 14.2 Å². The van der Waals surface area contributed by atoms with Gasteiger partial charge in [-0.3, -0.25) is 0 Å². The summed E-state index contributed by atoms with van der Waals surface area (Å²) in [4.78, 5) is 0. The summed E-state index contributed by atoms with van der Waals surface area (Å²) in [6.07, 6.45) is 7.66. The van der Waals surface area contributed by atoms with Gasteiger partial charge >= 0.3 is 0 Å². The number of para-hydroxylation sites is 1. The average molecular weight is 326 g/mol. The molecule has 1 aliphatic carbocycles. The van der Waals surface area contributed by atoms with Gasteiger partial charge in [0.1, 0.15) is 23.2 Å². The summed E-state index contributed by atoms with van der Waals surface area (Å²) >= 11 is 0. The van der Waals surface area contributed by atoms with E-state index in [0.717, 1.165) is 28.1 Å². The predicted octanol–water partition coefficient (Wildman–Crippen LogP) is 4.34. The average Bonchev–Trinajstić information content (AvgIpc) is 3.03. The molecule has 0 saturated heterocycles. The fourth-order valence-corrected chi connectivity index (χ4v) is 2.95. The largest absolute Gasteiger partial charge is 0.498 e. The van der Waals surface area contributed by atoms with Crippen LogP contribution < -0.4 is 0 Å². The molecular weight excluding hydrogens is 304 g/mol. The van der Waals surface area contributed by atoms with Crippen LogP contribution in [0.1, 0.15) is 12.7 Å². The summed E-state index contributed by atoms with van der Waals surface area (Å²) in [6.45, 7) is 1.95. The third kappa shape index (κ3) is 2.90. The molecule has 4 nitrogen and oxygen atoms in total. The van der Waals surface area contributed by atoms with E-state index in [-0.39, 0.29) is 6.10 Å². The van der Waals surface area contributed by atoms with Gasteiger partial charge in [0, 0.05) is 19.6 Å². The Balaban J connectivity index is 1.89. The van der Waals surface area contributed by atoms with Crippen LogP contribution in [0.15, 0.2) is 64.3 Å². The molecule has 1 aromatic carbocycles. The second-order valence-electron chi connectivity index (χ2n) is 5.87. The lowest BCUT2D eigenvalue weighted by molar-refractivity contribution is -0.0882. The fourth-order valence-electron chi connectivity index (χ4n) is 2.95. The van der Waals surface area contributed by atoms with Crippen LogP contribution in [0, 0.1) is 0 Å². The van der Waals surface area contributed by atoms with E-state index in [1.54, 1.807) is 21.3 Å². The van der Waals surface area contributed by atoms with Crippen molar-refractivity contribution < 1.29 is 18.6 Å². The molecule has 126 valence electrons. The van der Waals surface area contributed by atoms with E-state index in [2.05, 4.69) is 0 Å². The van der Waals surface area contributed by atoms with E-state index in [9.17, 15) is 0 Å². The first kappa shape index (κ1) is 16.6. The van der Waals surface area contributed by atoms with Crippen LogP contribution in [0.4, 0.5) is 0 Å². The molecule has 0 N–H and O–H groups in total. The molecule has 0 fully saturated rings. The highest BCUT2D eigenvalue weighted by atomic mass is 16.6. The van der Waals surface area contributed by atoms with Crippen molar-refractivity contribution in [3.8, 4) is 0 Å². The van der Waals surface area contributed by atoms with Crippen LogP contribution in [0.5, 0.6) is 0 Å². The van der Waals surface area contributed by atoms with Gasteiger partial charge in [-0.1, -0.05) is 24.3 Å². The van der Waals surface area contributed by atoms with Crippen molar-refractivity contribution in [2.75, 3.05) is 21.3 Å². The van der Waals surface area contributed by atoms with Gasteiger partial charge in [0.2, 0.25) is 0 Å². The first-order valence-electron chi connectivity index (χ1n) is 7.83. The maximum Gasteiger partial charge on any atom is 0.151 e. The van der Waals surface area contributed by atoms with Crippen molar-refractivity contribution >= 4 is 17.0 Å². The molecule has 0 saturated carbocycles. The molecule has 1 heterocycles. The minimum absolute atomic E-state index is 0.238. The van der Waals surface area contributed by atoms with Gasteiger partial charge in [0.05, 0.1) is 7.11 Å². The van der Waals surface area contributed by atoms with E-state index in [1.807, 2.05) is 61.6 Å². The van der Waals surface area contributed by atoms with E-state index < -0.39 is 5.60 Å². The van der Waals surface area contributed by atoms with Crippen molar-refractivity contribution in [1.82, 2.24) is 0 Å². The highest BCUT2D eigenvalue weighted by molar-refractivity contribution is 5.79. The molecule has 0 bridgehead atoms. The number of methoxy groups -OCH3 is 3. The number of furan rings is 1. The lowest BCUT2D eigenvalue weighted by atomic mass is 9.88. The second kappa shape index (κ2) is 6.67. The Labute approximate surface area is 142 Å². The van der Waals surface area contributed by atoms with Crippen molar-refractivity contribution in [2.45, 2.75) is 18.6 Å². The van der Waals surface area contributed by atoms with E-state index in [0.29, 0.717) is 0 Å². The maximum absolute atomic E-state index is 5.81. The van der Waals surface area contributed by atoms with Gasteiger partial charge in [-0.05, 0) is 42.9 Å². The lowest BCUT2D eigenvalue weighted by Crippen LogP contribution is -2.45. The third-order valence-corrected chi connectivity index (χ3v) is 4.46. The Kier molecular flexibility index (Phi) is 4.60. The highest BCUT2D eigenvalue weighted by Crippen LogP contribution is 2.34. The van der Waals surface area contributed by atoms with Gasteiger partial charge in [0.15, 0.2) is 5.60 Å². The van der Waals surface area contributed by atoms with Crippen LogP contribution in [0.3, 0.4) is 0 Å². The molecule has 1 aromatic heterocycles. The Morgan fingerprint density at radius 2 is 1.92 bits per heavy atom. The van der Waals surface area contributed by atoms with Crippen LogP contribution >= 0.6 is 0 Å². The molecule has 0 aliphatic heterocycles. The molecule has 0 amide bonds. The van der Waals surface area contributed by atoms with E-state index in [4.69, 9.17) is 18.6 Å². The van der Waals surface area contributed by atoms with Gasteiger partial charge in [-0.2, -0.15) is 0 Å². The number of fused-ring (bicyclic) bond motifs is 1. The normalized spacial score (nSPS) is 24.2. The Hall–Kier alpha value is -2.30. The van der Waals surface area contributed by atoms with Crippen LogP contribution in [0.2, 0.25) is 0 Å². The summed E-state index contributed by atoms with van der Waals surface area (Å²) in [7, 11) is 4.96. The number of hydrogen-bond donors (Lipinski definition) is 0. The number of rotatable bonds is 5. The molecule has 3 rings (SSSR count). The molecule has 2 unspecified atom stereocenters. The minimum atomic E-state index is -0.639. The molecule has 2 aromatic rings. The predicted molar refractivity (Wildman–Crippen MR) is 94.6 cm³/mol. The zero-order chi connectivity index (χ0) is 17.2. The molecule has 0 radical (unpaired) electrons. The molecule has 2 atom stereocenters. The van der Waals surface area contributed by atoms with Crippen LogP contribution in [-0.4, -0.2) is 33.0 Å². The number of hydrogen-bond acceptors (Lipinski definition) is 4. The molecule has 24 heavy (non-hydrogen) atoms. The first-order valence-corrected chi connectivity index (χ1v) is 7.83. The quantitative estimate of drug-likeness (QED) is 0.820. The standard InChI is InChI=1S/C20H22O4/c1-20(23-4)18(21-2)11-14(12-19(20)22-3)9-10-16-13-15-7-5-6-8-17(15)24-16/h5-13,18H,1-4H3. The SMILES string of the molecule is COC1=CC(C=Cc2cc3ccccc3o2)=CC(OC)C1(C)OC. The van der Waals surface area contributed by atoms with E-state index >= 15 is 0 Å². The van der Waals surface area contributed by atoms with Crippen molar-refractivity contribution in [3.63, 3.8) is 0 Å². The van der Waals surface area contributed by atoms with E-state index in [1.165, 1.54) is 0 Å². The Bertz CT molecular complexity index is 779. The summed E-state index contributed by atoms with van der Waals surface area (Å²) in [6, 6.07) is 9.97. The zero-order valence-corrected chi connectivity index (χ0v) is 14.4. The van der Waals surface area contributed by atoms with Gasteiger partial charge in [-0.15, -0.1) is 0 Å².